The van der Waals surface area contributed by atoms with Gasteiger partial charge in [0.05, 0.1) is 6.61 Å². The van der Waals surface area contributed by atoms with Crippen molar-refractivity contribution < 1.29 is 19.1 Å². The van der Waals surface area contributed by atoms with Crippen LogP contribution in [0.2, 0.25) is 0 Å². The summed E-state index contributed by atoms with van der Waals surface area (Å²) in [6, 6.07) is 8.29. The Bertz CT molecular complexity index is 621. The molecule has 1 rings (SSSR count). The molecular formula is C16H15NO4. The van der Waals surface area contributed by atoms with Crippen molar-refractivity contribution >= 4 is 17.5 Å². The standard InChI is InChI=1S/C16H15NO4/c1-4-15(18)21-13-8-6-12(7-9-13)11(3)14(10-17)16(19)20-5-2/h4,6-9H,1,5H2,2-3H3. The Kier molecular flexibility index (Phi) is 5.90. The van der Waals surface area contributed by atoms with E-state index in [1.54, 1.807) is 38.1 Å². The molecule has 5 heteroatoms. The fourth-order valence-corrected chi connectivity index (χ4v) is 1.56. The van der Waals surface area contributed by atoms with Crippen molar-refractivity contribution in [2.45, 2.75) is 13.8 Å². The molecular weight excluding hydrogens is 270 g/mol. The van der Waals surface area contributed by atoms with Gasteiger partial charge >= 0.3 is 11.9 Å². The molecule has 0 saturated heterocycles. The maximum atomic E-state index is 11.7. The first-order valence-corrected chi connectivity index (χ1v) is 6.26. The molecule has 0 aliphatic carbocycles. The summed E-state index contributed by atoms with van der Waals surface area (Å²) >= 11 is 0. The van der Waals surface area contributed by atoms with E-state index in [4.69, 9.17) is 14.7 Å². The lowest BCUT2D eigenvalue weighted by molar-refractivity contribution is -0.138. The third kappa shape index (κ3) is 4.32. The number of nitriles is 1. The molecule has 0 aliphatic rings. The van der Waals surface area contributed by atoms with Gasteiger partial charge in [0, 0.05) is 6.08 Å². The molecule has 5 nitrogen and oxygen atoms in total. The fraction of sp³-hybridized carbons (Fsp3) is 0.188. The molecule has 1 aromatic rings. The summed E-state index contributed by atoms with van der Waals surface area (Å²) in [5.74, 6) is -0.856. The van der Waals surface area contributed by atoms with Crippen molar-refractivity contribution in [2.24, 2.45) is 0 Å². The van der Waals surface area contributed by atoms with Gasteiger partial charge < -0.3 is 9.47 Å². The van der Waals surface area contributed by atoms with Gasteiger partial charge in [0.2, 0.25) is 0 Å². The van der Waals surface area contributed by atoms with Crippen molar-refractivity contribution in [3.8, 4) is 11.8 Å². The molecule has 0 unspecified atom stereocenters. The maximum Gasteiger partial charge on any atom is 0.349 e. The molecule has 0 saturated carbocycles. The number of esters is 2. The zero-order chi connectivity index (χ0) is 15.8. The van der Waals surface area contributed by atoms with Crippen LogP contribution in [0.25, 0.3) is 5.57 Å². The van der Waals surface area contributed by atoms with Crippen LogP contribution in [-0.2, 0) is 14.3 Å². The van der Waals surface area contributed by atoms with E-state index in [9.17, 15) is 9.59 Å². The molecule has 108 valence electrons. The summed E-state index contributed by atoms with van der Waals surface area (Å²) in [6.07, 6.45) is 1.06. The van der Waals surface area contributed by atoms with Crippen LogP contribution in [0.5, 0.6) is 5.75 Å². The van der Waals surface area contributed by atoms with Gasteiger partial charge in [-0.05, 0) is 37.1 Å². The Morgan fingerprint density at radius 1 is 1.33 bits per heavy atom. The monoisotopic (exact) mass is 285 g/mol. The van der Waals surface area contributed by atoms with Crippen molar-refractivity contribution in [2.75, 3.05) is 6.61 Å². The molecule has 0 radical (unpaired) electrons. The summed E-state index contributed by atoms with van der Waals surface area (Å²) in [4.78, 5) is 22.7. The van der Waals surface area contributed by atoms with E-state index in [1.165, 1.54) is 0 Å². The average molecular weight is 285 g/mol. The summed E-state index contributed by atoms with van der Waals surface area (Å²) in [6.45, 7) is 6.83. The molecule has 0 bridgehead atoms. The first kappa shape index (κ1) is 16.2. The van der Waals surface area contributed by atoms with Crippen molar-refractivity contribution in [3.05, 3.63) is 48.1 Å². The molecule has 0 N–H and O–H groups in total. The molecule has 0 amide bonds. The molecule has 1 aromatic carbocycles. The first-order valence-electron chi connectivity index (χ1n) is 6.26. The lowest BCUT2D eigenvalue weighted by Gasteiger charge is -2.07. The second-order valence-corrected chi connectivity index (χ2v) is 3.98. The van der Waals surface area contributed by atoms with Gasteiger partial charge in [-0.2, -0.15) is 5.26 Å². The van der Waals surface area contributed by atoms with Gasteiger partial charge in [-0.15, -0.1) is 0 Å². The SMILES string of the molecule is C=CC(=O)Oc1ccc(C(C)=C(C#N)C(=O)OCC)cc1. The summed E-state index contributed by atoms with van der Waals surface area (Å²) in [7, 11) is 0. The number of allylic oxidation sites excluding steroid dienone is 1. The molecule has 0 fully saturated rings. The van der Waals surface area contributed by atoms with Crippen molar-refractivity contribution in [3.63, 3.8) is 0 Å². The number of hydrogen-bond donors (Lipinski definition) is 0. The highest BCUT2D eigenvalue weighted by atomic mass is 16.5. The zero-order valence-corrected chi connectivity index (χ0v) is 11.9. The minimum Gasteiger partial charge on any atom is -0.462 e. The van der Waals surface area contributed by atoms with E-state index in [-0.39, 0.29) is 12.2 Å². The van der Waals surface area contributed by atoms with Crippen LogP contribution in [0.1, 0.15) is 19.4 Å². The zero-order valence-electron chi connectivity index (χ0n) is 11.9. The maximum absolute atomic E-state index is 11.7. The van der Waals surface area contributed by atoms with Crippen LogP contribution in [-0.4, -0.2) is 18.5 Å². The molecule has 0 aromatic heterocycles. The largest absolute Gasteiger partial charge is 0.462 e. The Morgan fingerprint density at radius 3 is 2.43 bits per heavy atom. The van der Waals surface area contributed by atoms with Crippen LogP contribution in [0, 0.1) is 11.3 Å². The number of rotatable bonds is 5. The van der Waals surface area contributed by atoms with Crippen molar-refractivity contribution in [1.82, 2.24) is 0 Å². The predicted molar refractivity (Wildman–Crippen MR) is 77.1 cm³/mol. The lowest BCUT2D eigenvalue weighted by atomic mass is 10.0. The highest BCUT2D eigenvalue weighted by Gasteiger charge is 2.15. The normalized spacial score (nSPS) is 10.9. The third-order valence-electron chi connectivity index (χ3n) is 2.64. The second-order valence-electron chi connectivity index (χ2n) is 3.98. The van der Waals surface area contributed by atoms with E-state index in [2.05, 4.69) is 6.58 Å². The topological polar surface area (TPSA) is 76.4 Å². The quantitative estimate of drug-likeness (QED) is 0.360. The third-order valence-corrected chi connectivity index (χ3v) is 2.64. The Labute approximate surface area is 123 Å². The van der Waals surface area contributed by atoms with Gasteiger partial charge in [0.15, 0.2) is 0 Å². The van der Waals surface area contributed by atoms with E-state index >= 15 is 0 Å². The number of benzene rings is 1. The second kappa shape index (κ2) is 7.65. The van der Waals surface area contributed by atoms with E-state index in [0.29, 0.717) is 16.9 Å². The number of hydrogen-bond acceptors (Lipinski definition) is 5. The van der Waals surface area contributed by atoms with Gasteiger partial charge in [-0.1, -0.05) is 18.7 Å². The Balaban J connectivity index is 3.04. The summed E-state index contributed by atoms with van der Waals surface area (Å²) < 4.78 is 9.77. The van der Waals surface area contributed by atoms with Gasteiger partial charge in [0.25, 0.3) is 0 Å². The number of ether oxygens (including phenoxy) is 2. The molecule has 21 heavy (non-hydrogen) atoms. The highest BCUT2D eigenvalue weighted by molar-refractivity contribution is 6.01. The van der Waals surface area contributed by atoms with E-state index < -0.39 is 11.9 Å². The molecule has 0 atom stereocenters. The van der Waals surface area contributed by atoms with Gasteiger partial charge in [0.1, 0.15) is 17.4 Å². The lowest BCUT2D eigenvalue weighted by Crippen LogP contribution is -2.08. The Morgan fingerprint density at radius 2 is 1.95 bits per heavy atom. The number of carbonyl (C=O) groups is 2. The van der Waals surface area contributed by atoms with Crippen LogP contribution in [0.15, 0.2) is 42.5 Å². The minimum absolute atomic E-state index is 0.0484. The smallest absolute Gasteiger partial charge is 0.349 e. The Hall–Kier alpha value is -2.87. The van der Waals surface area contributed by atoms with Crippen molar-refractivity contribution in [1.29, 1.82) is 5.26 Å². The van der Waals surface area contributed by atoms with Gasteiger partial charge in [-0.25, -0.2) is 9.59 Å². The fourth-order valence-electron chi connectivity index (χ4n) is 1.56. The number of carbonyl (C=O) groups excluding carboxylic acids is 2. The van der Waals surface area contributed by atoms with E-state index in [1.807, 2.05) is 6.07 Å². The van der Waals surface area contributed by atoms with Crippen LogP contribution in [0.4, 0.5) is 0 Å². The van der Waals surface area contributed by atoms with Gasteiger partial charge in [-0.3, -0.25) is 0 Å². The van der Waals surface area contributed by atoms with Crippen LogP contribution < -0.4 is 4.74 Å². The highest BCUT2D eigenvalue weighted by Crippen LogP contribution is 2.22. The first-order chi connectivity index (χ1) is 10.0. The minimum atomic E-state index is -0.653. The molecule has 0 heterocycles. The molecule has 0 aliphatic heterocycles. The predicted octanol–water partition coefficient (Wildman–Crippen LogP) is 2.64. The molecule has 0 spiro atoms. The number of nitrogens with zero attached hydrogens (tertiary/aromatic N) is 1. The van der Waals surface area contributed by atoms with E-state index in [0.717, 1.165) is 6.08 Å². The van der Waals surface area contributed by atoms with Crippen LogP contribution in [0.3, 0.4) is 0 Å². The van der Waals surface area contributed by atoms with Crippen LogP contribution >= 0.6 is 0 Å². The average Bonchev–Trinajstić information content (AvgIpc) is 2.48. The summed E-state index contributed by atoms with van der Waals surface area (Å²) in [5, 5.41) is 9.07. The summed E-state index contributed by atoms with van der Waals surface area (Å²) in [5.41, 5.74) is 1.11.